The molecule has 0 saturated carbocycles. The van der Waals surface area contributed by atoms with E-state index in [1.54, 1.807) is 0 Å². The summed E-state index contributed by atoms with van der Waals surface area (Å²) < 4.78 is 0. The van der Waals surface area contributed by atoms with Crippen molar-refractivity contribution in [2.45, 2.75) is 0 Å². The molecule has 0 aromatic rings. The predicted molar refractivity (Wildman–Crippen MR) is 7.79 cm³/mol. The molecule has 4 heavy (non-hydrogen) atoms. The fourth-order valence-corrected chi connectivity index (χ4v) is 0. The molecule has 0 spiro atoms. The van der Waals surface area contributed by atoms with Gasteiger partial charge in [0.05, 0.1) is 0 Å². The zero-order valence-electron chi connectivity index (χ0n) is 2.14. The van der Waals surface area contributed by atoms with E-state index in [4.69, 9.17) is 0 Å². The van der Waals surface area contributed by atoms with Gasteiger partial charge < -0.3 is 5.48 Å². The molecule has 0 rings (SSSR count). The van der Waals surface area contributed by atoms with Crippen molar-refractivity contribution in [1.29, 1.82) is 0 Å². The fraction of sp³-hybridized carbons (Fsp3) is 0. The van der Waals surface area contributed by atoms with E-state index in [0.717, 1.165) is 0 Å². The van der Waals surface area contributed by atoms with E-state index in [1.165, 1.54) is 0 Å². The molecule has 0 saturated heterocycles. The maximum Gasteiger partial charge on any atom is 1.00 e. The molecular formula is HClNaOPd. The van der Waals surface area contributed by atoms with Gasteiger partial charge in [0.25, 0.3) is 0 Å². The van der Waals surface area contributed by atoms with Crippen molar-refractivity contribution in [2.75, 3.05) is 0 Å². The van der Waals surface area contributed by atoms with E-state index in [9.17, 15) is 0 Å². The van der Waals surface area contributed by atoms with Gasteiger partial charge in [0.15, 0.2) is 0 Å². The Hall–Kier alpha value is 1.91. The molecule has 25 valence electrons. The van der Waals surface area contributed by atoms with Crippen molar-refractivity contribution in [3.8, 4) is 0 Å². The fourth-order valence-electron chi connectivity index (χ4n) is 0. The molecule has 0 heterocycles. The van der Waals surface area contributed by atoms with Crippen LogP contribution in [0.4, 0.5) is 0 Å². The van der Waals surface area contributed by atoms with Crippen molar-refractivity contribution in [1.82, 2.24) is 0 Å². The maximum absolute atomic E-state index is 4.49. The second kappa shape index (κ2) is 20.6. The first-order valence-corrected chi connectivity index (χ1v) is 2.12. The molecule has 0 aliphatic carbocycles. The molecule has 0 aliphatic heterocycles. The Balaban J connectivity index is -0.00000000500. The average molecular weight is 182 g/mol. The maximum atomic E-state index is 4.49. The van der Waals surface area contributed by atoms with Gasteiger partial charge in [0.2, 0.25) is 0 Å². The minimum absolute atomic E-state index is 0. The van der Waals surface area contributed by atoms with Crippen LogP contribution in [0.5, 0.6) is 0 Å². The molecule has 4 heteroatoms. The molecule has 0 unspecified atom stereocenters. The summed E-state index contributed by atoms with van der Waals surface area (Å²) in [7, 11) is 4.49. The molecule has 1 N–H and O–H groups in total. The van der Waals surface area contributed by atoms with Crippen molar-refractivity contribution in [3.05, 3.63) is 0 Å². The largest absolute Gasteiger partial charge is 1.00 e. The zero-order valence-corrected chi connectivity index (χ0v) is 6.45. The molecule has 0 aliphatic rings. The van der Waals surface area contributed by atoms with E-state index in [-0.39, 0.29) is 35.0 Å². The van der Waals surface area contributed by atoms with Crippen LogP contribution in [-0.4, -0.2) is 5.48 Å². The molecule has 0 radical (unpaired) electrons. The first kappa shape index (κ1) is 16.8. The topological polar surface area (TPSA) is 30.0 Å². The van der Waals surface area contributed by atoms with Crippen molar-refractivity contribution >= 4 is 9.53 Å². The Morgan fingerprint density at radius 2 is 1.25 bits per heavy atom. The van der Waals surface area contributed by atoms with Gasteiger partial charge >= 0.3 is 57.3 Å². The molecule has 0 atom stereocenters. The summed E-state index contributed by atoms with van der Waals surface area (Å²) in [6, 6.07) is 0. The Morgan fingerprint density at radius 3 is 1.25 bits per heavy atom. The van der Waals surface area contributed by atoms with Crippen molar-refractivity contribution < 1.29 is 53.2 Å². The van der Waals surface area contributed by atoms with Gasteiger partial charge in [-0.25, -0.2) is 0 Å². The van der Waals surface area contributed by atoms with Crippen LogP contribution >= 0.6 is 9.53 Å². The molecule has 0 bridgehead atoms. The summed E-state index contributed by atoms with van der Waals surface area (Å²) >= 11 is 2.22. The Labute approximate surface area is 62.1 Å². The molecule has 0 amide bonds. The van der Waals surface area contributed by atoms with Crippen LogP contribution in [0.25, 0.3) is 0 Å². The van der Waals surface area contributed by atoms with Gasteiger partial charge in [-0.3, -0.25) is 0 Å². The SMILES string of the molecule is [Cl][Pd].[Na+].[OH-]. The van der Waals surface area contributed by atoms with E-state index in [1.807, 2.05) is 0 Å². The number of hydrogen-bond donors (Lipinski definition) is 0. The third-order valence-corrected chi connectivity index (χ3v) is 0. The summed E-state index contributed by atoms with van der Waals surface area (Å²) in [6.45, 7) is 0. The predicted octanol–water partition coefficient (Wildman–Crippen LogP) is -2.49. The third kappa shape index (κ3) is 9.07. The first-order valence-electron chi connectivity index (χ1n) is 0.120. The van der Waals surface area contributed by atoms with Crippen LogP contribution in [-0.2, 0) is 18.2 Å². The van der Waals surface area contributed by atoms with Gasteiger partial charge in [0, 0.05) is 0 Å². The first-order chi connectivity index (χ1) is 1.00. The summed E-state index contributed by atoms with van der Waals surface area (Å²) in [4.78, 5) is 0. The zero-order chi connectivity index (χ0) is 2.00. The minimum Gasteiger partial charge on any atom is -0.870 e. The molecule has 0 aromatic heterocycles. The van der Waals surface area contributed by atoms with E-state index in [0.29, 0.717) is 0 Å². The summed E-state index contributed by atoms with van der Waals surface area (Å²) in [6.07, 6.45) is 0. The minimum atomic E-state index is 0. The van der Waals surface area contributed by atoms with Crippen LogP contribution in [0.2, 0.25) is 0 Å². The normalized spacial score (nSPS) is 1.75. The van der Waals surface area contributed by atoms with Gasteiger partial charge in [0.1, 0.15) is 0 Å². The van der Waals surface area contributed by atoms with Gasteiger partial charge in [-0.1, -0.05) is 0 Å². The van der Waals surface area contributed by atoms with Gasteiger partial charge in [-0.05, 0) is 0 Å². The van der Waals surface area contributed by atoms with E-state index in [2.05, 4.69) is 27.7 Å². The molecule has 0 aromatic carbocycles. The van der Waals surface area contributed by atoms with E-state index >= 15 is 0 Å². The third-order valence-electron chi connectivity index (χ3n) is 0. The second-order valence-electron chi connectivity index (χ2n) is 0. The number of rotatable bonds is 0. The molecular weight excluding hydrogens is 181 g/mol. The van der Waals surface area contributed by atoms with Crippen LogP contribution < -0.4 is 29.6 Å². The van der Waals surface area contributed by atoms with Gasteiger partial charge in [-0.2, -0.15) is 0 Å². The average Bonchev–Trinajstić information content (AvgIpc) is 1.00. The van der Waals surface area contributed by atoms with Crippen LogP contribution in [0.1, 0.15) is 0 Å². The van der Waals surface area contributed by atoms with Crippen LogP contribution in [0, 0.1) is 0 Å². The Morgan fingerprint density at radius 1 is 1.25 bits per heavy atom. The number of halogens is 1. The quantitative estimate of drug-likeness (QED) is 0.381. The summed E-state index contributed by atoms with van der Waals surface area (Å²) in [5.41, 5.74) is 0. The van der Waals surface area contributed by atoms with Crippen molar-refractivity contribution in [2.24, 2.45) is 0 Å². The number of hydrogen-bond acceptors (Lipinski definition) is 1. The van der Waals surface area contributed by atoms with Crippen LogP contribution in [0.3, 0.4) is 0 Å². The summed E-state index contributed by atoms with van der Waals surface area (Å²) in [5, 5.41) is 0. The van der Waals surface area contributed by atoms with Crippen LogP contribution in [0.15, 0.2) is 0 Å². The molecule has 0 fully saturated rings. The monoisotopic (exact) mass is 181 g/mol. The Bertz CT molecular complexity index is 8.00. The Kier molecular flexibility index (Phi) is 86.5. The summed E-state index contributed by atoms with van der Waals surface area (Å²) in [5.74, 6) is 0. The second-order valence-corrected chi connectivity index (χ2v) is 0. The van der Waals surface area contributed by atoms with Gasteiger partial charge in [-0.15, -0.1) is 0 Å². The standard InChI is InChI=1S/ClH.Na.H2O.Pd/h1H;;1H2;/q;+1;;+1/p-2. The smallest absolute Gasteiger partial charge is 0.870 e. The van der Waals surface area contributed by atoms with E-state index < -0.39 is 0 Å². The van der Waals surface area contributed by atoms with Crippen molar-refractivity contribution in [3.63, 3.8) is 0 Å². The molecule has 1 nitrogen and oxygen atoms in total.